The van der Waals surface area contributed by atoms with E-state index in [2.05, 4.69) is 31.2 Å². The van der Waals surface area contributed by atoms with E-state index in [1.165, 1.54) is 23.3 Å². The maximum Gasteiger partial charge on any atom is 0.123 e. The summed E-state index contributed by atoms with van der Waals surface area (Å²) in [6, 6.07) is 15.1. The van der Waals surface area contributed by atoms with E-state index in [0.29, 0.717) is 6.54 Å². The number of nitrogens with two attached hydrogens (primary N) is 1. The summed E-state index contributed by atoms with van der Waals surface area (Å²) in [4.78, 5) is 0. The minimum absolute atomic E-state index is 0.205. The average molecular weight is 275 g/mol. The maximum atomic E-state index is 12.9. The van der Waals surface area contributed by atoms with Gasteiger partial charge in [0, 0.05) is 17.5 Å². The van der Waals surface area contributed by atoms with Crippen LogP contribution in [0.5, 0.6) is 0 Å². The van der Waals surface area contributed by atoms with E-state index in [4.69, 9.17) is 5.73 Å². The van der Waals surface area contributed by atoms with Crippen molar-refractivity contribution in [1.82, 2.24) is 0 Å². The molecule has 2 aromatic rings. The molecule has 2 aromatic carbocycles. The molecule has 0 saturated heterocycles. The van der Waals surface area contributed by atoms with Crippen LogP contribution in [0.1, 0.15) is 21.9 Å². The van der Waals surface area contributed by atoms with E-state index in [1.54, 1.807) is 11.8 Å². The highest BCUT2D eigenvalue weighted by Gasteiger charge is 2.10. The molecule has 100 valence electrons. The SMILES string of the molecule is Cc1cccc(CSC(CN)c2ccc(F)cc2)c1. The summed E-state index contributed by atoms with van der Waals surface area (Å²) in [6.45, 7) is 2.65. The van der Waals surface area contributed by atoms with E-state index < -0.39 is 0 Å². The minimum Gasteiger partial charge on any atom is -0.329 e. The van der Waals surface area contributed by atoms with Crippen molar-refractivity contribution in [2.75, 3.05) is 6.54 Å². The average Bonchev–Trinajstić information content (AvgIpc) is 2.41. The summed E-state index contributed by atoms with van der Waals surface area (Å²) in [7, 11) is 0. The van der Waals surface area contributed by atoms with Crippen molar-refractivity contribution < 1.29 is 4.39 Å². The van der Waals surface area contributed by atoms with Gasteiger partial charge < -0.3 is 5.73 Å². The largest absolute Gasteiger partial charge is 0.329 e. The van der Waals surface area contributed by atoms with Crippen LogP contribution in [0.3, 0.4) is 0 Å². The van der Waals surface area contributed by atoms with Crippen molar-refractivity contribution in [3.63, 3.8) is 0 Å². The van der Waals surface area contributed by atoms with Crippen LogP contribution in [0.2, 0.25) is 0 Å². The van der Waals surface area contributed by atoms with E-state index in [-0.39, 0.29) is 11.1 Å². The molecule has 1 atom stereocenters. The lowest BCUT2D eigenvalue weighted by Gasteiger charge is -2.15. The van der Waals surface area contributed by atoms with E-state index in [1.807, 2.05) is 12.1 Å². The molecule has 19 heavy (non-hydrogen) atoms. The molecule has 0 heterocycles. The second-order valence-electron chi connectivity index (χ2n) is 4.58. The normalized spacial score (nSPS) is 12.4. The summed E-state index contributed by atoms with van der Waals surface area (Å²) < 4.78 is 12.9. The molecular formula is C16H18FNS. The Hall–Kier alpha value is -1.32. The second-order valence-corrected chi connectivity index (χ2v) is 5.77. The molecule has 2 N–H and O–H groups in total. The highest BCUT2D eigenvalue weighted by Crippen LogP contribution is 2.30. The quantitative estimate of drug-likeness (QED) is 0.890. The van der Waals surface area contributed by atoms with Crippen LogP contribution in [0.4, 0.5) is 4.39 Å². The Balaban J connectivity index is 2.01. The molecule has 1 nitrogen and oxygen atoms in total. The van der Waals surface area contributed by atoms with Gasteiger partial charge in [0.15, 0.2) is 0 Å². The highest BCUT2D eigenvalue weighted by atomic mass is 32.2. The third-order valence-corrected chi connectivity index (χ3v) is 4.36. The van der Waals surface area contributed by atoms with Gasteiger partial charge in [-0.2, -0.15) is 0 Å². The zero-order valence-electron chi connectivity index (χ0n) is 11.0. The Labute approximate surface area is 118 Å². The predicted molar refractivity (Wildman–Crippen MR) is 80.7 cm³/mol. The molecule has 0 aliphatic carbocycles. The molecule has 0 amide bonds. The van der Waals surface area contributed by atoms with Crippen LogP contribution < -0.4 is 5.73 Å². The van der Waals surface area contributed by atoms with E-state index in [0.717, 1.165) is 11.3 Å². The summed E-state index contributed by atoms with van der Waals surface area (Å²) in [6.07, 6.45) is 0. The highest BCUT2D eigenvalue weighted by molar-refractivity contribution is 7.98. The first-order valence-corrected chi connectivity index (χ1v) is 7.36. The van der Waals surface area contributed by atoms with Gasteiger partial charge >= 0.3 is 0 Å². The van der Waals surface area contributed by atoms with Crippen LogP contribution in [-0.4, -0.2) is 6.54 Å². The molecule has 0 saturated carbocycles. The van der Waals surface area contributed by atoms with Crippen LogP contribution in [-0.2, 0) is 5.75 Å². The van der Waals surface area contributed by atoms with Gasteiger partial charge in [-0.05, 0) is 30.2 Å². The number of thioether (sulfide) groups is 1. The smallest absolute Gasteiger partial charge is 0.123 e. The summed E-state index contributed by atoms with van der Waals surface area (Å²) in [5, 5.41) is 0.209. The third-order valence-electron chi connectivity index (χ3n) is 2.99. The molecule has 0 fully saturated rings. The van der Waals surface area contributed by atoms with Crippen molar-refractivity contribution in [3.05, 3.63) is 71.0 Å². The number of hydrogen-bond donors (Lipinski definition) is 1. The maximum absolute atomic E-state index is 12.9. The first-order chi connectivity index (χ1) is 9.19. The number of halogens is 1. The second kappa shape index (κ2) is 6.73. The molecule has 2 rings (SSSR count). The molecule has 0 bridgehead atoms. The first-order valence-electron chi connectivity index (χ1n) is 6.31. The molecule has 3 heteroatoms. The van der Waals surface area contributed by atoms with Crippen LogP contribution in [0.15, 0.2) is 48.5 Å². The van der Waals surface area contributed by atoms with E-state index in [9.17, 15) is 4.39 Å². The van der Waals surface area contributed by atoms with Gasteiger partial charge in [-0.1, -0.05) is 42.0 Å². The van der Waals surface area contributed by atoms with Gasteiger partial charge in [0.1, 0.15) is 5.82 Å². The summed E-state index contributed by atoms with van der Waals surface area (Å²) in [5.41, 5.74) is 9.47. The Bertz CT molecular complexity index is 525. The Kier molecular flexibility index (Phi) is 5.00. The van der Waals surface area contributed by atoms with Gasteiger partial charge in [-0.3, -0.25) is 0 Å². The van der Waals surface area contributed by atoms with Crippen LogP contribution in [0.25, 0.3) is 0 Å². The van der Waals surface area contributed by atoms with Crippen molar-refractivity contribution in [3.8, 4) is 0 Å². The number of rotatable bonds is 5. The number of benzene rings is 2. The Morgan fingerprint density at radius 3 is 2.53 bits per heavy atom. The fourth-order valence-electron chi connectivity index (χ4n) is 1.98. The molecule has 0 aliphatic heterocycles. The van der Waals surface area contributed by atoms with Gasteiger partial charge in [0.05, 0.1) is 0 Å². The first kappa shape index (κ1) is 14.1. The van der Waals surface area contributed by atoms with Gasteiger partial charge in [-0.15, -0.1) is 11.8 Å². The number of aryl methyl sites for hydroxylation is 1. The predicted octanol–water partition coefficient (Wildman–Crippen LogP) is 4.07. The van der Waals surface area contributed by atoms with Crippen LogP contribution in [0, 0.1) is 12.7 Å². The summed E-state index contributed by atoms with van der Waals surface area (Å²) >= 11 is 1.79. The van der Waals surface area contributed by atoms with E-state index >= 15 is 0 Å². The topological polar surface area (TPSA) is 26.0 Å². The molecule has 0 aliphatic rings. The molecular weight excluding hydrogens is 257 g/mol. The van der Waals surface area contributed by atoms with Crippen molar-refractivity contribution in [2.24, 2.45) is 5.73 Å². The number of hydrogen-bond acceptors (Lipinski definition) is 2. The Morgan fingerprint density at radius 1 is 1.16 bits per heavy atom. The summed E-state index contributed by atoms with van der Waals surface area (Å²) in [5.74, 6) is 0.712. The fourth-order valence-corrected chi connectivity index (χ4v) is 3.04. The lowest BCUT2D eigenvalue weighted by atomic mass is 10.1. The van der Waals surface area contributed by atoms with Crippen molar-refractivity contribution >= 4 is 11.8 Å². The molecule has 0 radical (unpaired) electrons. The fraction of sp³-hybridized carbons (Fsp3) is 0.250. The lowest BCUT2D eigenvalue weighted by molar-refractivity contribution is 0.627. The van der Waals surface area contributed by atoms with Gasteiger partial charge in [0.25, 0.3) is 0 Å². The minimum atomic E-state index is -0.205. The monoisotopic (exact) mass is 275 g/mol. The van der Waals surface area contributed by atoms with Crippen molar-refractivity contribution in [2.45, 2.75) is 17.9 Å². The molecule has 1 unspecified atom stereocenters. The van der Waals surface area contributed by atoms with Gasteiger partial charge in [-0.25, -0.2) is 4.39 Å². The Morgan fingerprint density at radius 2 is 1.89 bits per heavy atom. The zero-order valence-corrected chi connectivity index (χ0v) is 11.8. The van der Waals surface area contributed by atoms with Gasteiger partial charge in [0.2, 0.25) is 0 Å². The lowest BCUT2D eigenvalue weighted by Crippen LogP contribution is -2.09. The zero-order chi connectivity index (χ0) is 13.7. The van der Waals surface area contributed by atoms with Crippen LogP contribution >= 0.6 is 11.8 Å². The van der Waals surface area contributed by atoms with Crippen molar-refractivity contribution in [1.29, 1.82) is 0 Å². The molecule has 0 aromatic heterocycles. The third kappa shape index (κ3) is 4.08. The molecule has 0 spiro atoms. The standard InChI is InChI=1S/C16H18FNS/c1-12-3-2-4-13(9-12)11-19-16(10-18)14-5-7-15(17)8-6-14/h2-9,16H,10-11,18H2,1H3.